The van der Waals surface area contributed by atoms with Gasteiger partial charge in [-0.3, -0.25) is 10.1 Å². The molecule has 0 aromatic heterocycles. The van der Waals surface area contributed by atoms with Crippen LogP contribution in [0.5, 0.6) is 0 Å². The summed E-state index contributed by atoms with van der Waals surface area (Å²) in [5.74, 6) is -0.753. The van der Waals surface area contributed by atoms with Gasteiger partial charge in [0, 0.05) is 6.04 Å². The van der Waals surface area contributed by atoms with Crippen LogP contribution < -0.4 is 5.32 Å². The highest BCUT2D eigenvalue weighted by atomic mass is 16.4. The van der Waals surface area contributed by atoms with Gasteiger partial charge in [-0.05, 0) is 61.1 Å². The number of carboxylic acids is 1. The molecule has 0 saturated carbocycles. The molecule has 22 heavy (non-hydrogen) atoms. The van der Waals surface area contributed by atoms with E-state index in [9.17, 15) is 9.90 Å². The molecule has 3 nitrogen and oxygen atoms in total. The lowest BCUT2D eigenvalue weighted by Crippen LogP contribution is -2.39. The first-order chi connectivity index (χ1) is 10.3. The molecule has 0 aliphatic heterocycles. The van der Waals surface area contributed by atoms with Gasteiger partial charge in [-0.1, -0.05) is 39.0 Å². The molecule has 2 rings (SSSR count). The van der Waals surface area contributed by atoms with E-state index in [1.807, 2.05) is 0 Å². The van der Waals surface area contributed by atoms with Crippen LogP contribution in [0.25, 0.3) is 0 Å². The largest absolute Gasteiger partial charge is 0.480 e. The molecule has 0 heterocycles. The van der Waals surface area contributed by atoms with E-state index in [1.165, 1.54) is 29.5 Å². The summed E-state index contributed by atoms with van der Waals surface area (Å²) in [6.07, 6.45) is 5.13. The number of benzene rings is 1. The summed E-state index contributed by atoms with van der Waals surface area (Å²) in [6, 6.07) is 6.18. The number of carboxylic acid groups (broad SMARTS) is 1. The summed E-state index contributed by atoms with van der Waals surface area (Å²) in [7, 11) is 0. The number of fused-ring (bicyclic) bond motifs is 1. The van der Waals surface area contributed by atoms with Gasteiger partial charge in [0.1, 0.15) is 6.04 Å². The fourth-order valence-electron chi connectivity index (χ4n) is 3.11. The normalized spacial score (nSPS) is 17.1. The van der Waals surface area contributed by atoms with Crippen molar-refractivity contribution in [3.8, 4) is 0 Å². The minimum atomic E-state index is -0.753. The highest BCUT2D eigenvalue weighted by molar-refractivity contribution is 5.73. The number of hydrogen-bond acceptors (Lipinski definition) is 2. The molecule has 0 spiro atoms. The third-order valence-corrected chi connectivity index (χ3v) is 4.55. The molecule has 1 aromatic carbocycles. The monoisotopic (exact) mass is 303 g/mol. The fourth-order valence-corrected chi connectivity index (χ4v) is 3.11. The van der Waals surface area contributed by atoms with E-state index in [2.05, 4.69) is 51.2 Å². The van der Waals surface area contributed by atoms with Crippen molar-refractivity contribution in [1.29, 1.82) is 0 Å². The SMILES string of the molecule is C[C@H](N[C@@H](CCC(C)(C)C)C(=O)O)c1ccc2c(c1)CCC2. The summed E-state index contributed by atoms with van der Waals surface area (Å²) < 4.78 is 0. The lowest BCUT2D eigenvalue weighted by atomic mass is 9.88. The highest BCUT2D eigenvalue weighted by Crippen LogP contribution is 2.26. The van der Waals surface area contributed by atoms with Crippen molar-refractivity contribution in [3.63, 3.8) is 0 Å². The van der Waals surface area contributed by atoms with E-state index < -0.39 is 12.0 Å². The average molecular weight is 303 g/mol. The second kappa shape index (κ2) is 6.82. The quantitative estimate of drug-likeness (QED) is 0.831. The molecular formula is C19H29NO2. The van der Waals surface area contributed by atoms with Gasteiger partial charge in [0.25, 0.3) is 0 Å². The third kappa shape index (κ3) is 4.57. The summed E-state index contributed by atoms with van der Waals surface area (Å²) in [5, 5.41) is 12.8. The molecule has 1 aromatic rings. The highest BCUT2D eigenvalue weighted by Gasteiger charge is 2.23. The van der Waals surface area contributed by atoms with Crippen LogP contribution in [-0.4, -0.2) is 17.1 Å². The molecular weight excluding hydrogens is 274 g/mol. The van der Waals surface area contributed by atoms with Gasteiger partial charge in [0.2, 0.25) is 0 Å². The Morgan fingerprint density at radius 1 is 1.27 bits per heavy atom. The van der Waals surface area contributed by atoms with Crippen LogP contribution in [0.3, 0.4) is 0 Å². The average Bonchev–Trinajstić information content (AvgIpc) is 2.88. The number of hydrogen-bond donors (Lipinski definition) is 2. The van der Waals surface area contributed by atoms with Crippen molar-refractivity contribution in [2.45, 2.75) is 71.9 Å². The Morgan fingerprint density at radius 2 is 1.95 bits per heavy atom. The zero-order valence-corrected chi connectivity index (χ0v) is 14.3. The van der Waals surface area contributed by atoms with Gasteiger partial charge in [-0.25, -0.2) is 0 Å². The smallest absolute Gasteiger partial charge is 0.320 e. The number of rotatable bonds is 6. The topological polar surface area (TPSA) is 49.3 Å². The van der Waals surface area contributed by atoms with Gasteiger partial charge in [0.15, 0.2) is 0 Å². The number of aliphatic carboxylic acids is 1. The molecule has 0 saturated heterocycles. The van der Waals surface area contributed by atoms with E-state index >= 15 is 0 Å². The Hall–Kier alpha value is -1.35. The Kier molecular flexibility index (Phi) is 5.28. The van der Waals surface area contributed by atoms with Crippen molar-refractivity contribution >= 4 is 5.97 Å². The summed E-state index contributed by atoms with van der Waals surface area (Å²) in [6.45, 7) is 8.51. The second-order valence-electron chi connectivity index (χ2n) is 7.76. The maximum atomic E-state index is 11.5. The van der Waals surface area contributed by atoms with Gasteiger partial charge >= 0.3 is 5.97 Å². The van der Waals surface area contributed by atoms with Crippen molar-refractivity contribution < 1.29 is 9.90 Å². The zero-order chi connectivity index (χ0) is 16.3. The lowest BCUT2D eigenvalue weighted by Gasteiger charge is -2.24. The van der Waals surface area contributed by atoms with E-state index in [0.29, 0.717) is 6.42 Å². The Bertz CT molecular complexity index is 531. The molecule has 3 heteroatoms. The molecule has 2 atom stereocenters. The van der Waals surface area contributed by atoms with Crippen LogP contribution in [0.15, 0.2) is 18.2 Å². The molecule has 1 aliphatic carbocycles. The molecule has 0 unspecified atom stereocenters. The molecule has 0 amide bonds. The van der Waals surface area contributed by atoms with E-state index in [1.54, 1.807) is 0 Å². The van der Waals surface area contributed by atoms with Crippen LogP contribution in [0.2, 0.25) is 0 Å². The lowest BCUT2D eigenvalue weighted by molar-refractivity contribution is -0.140. The minimum absolute atomic E-state index is 0.0620. The number of carbonyl (C=O) groups is 1. The molecule has 0 bridgehead atoms. The molecule has 0 fully saturated rings. The van der Waals surface area contributed by atoms with Crippen LogP contribution in [0.1, 0.15) is 69.7 Å². The van der Waals surface area contributed by atoms with Crippen LogP contribution in [0.4, 0.5) is 0 Å². The van der Waals surface area contributed by atoms with Crippen LogP contribution in [-0.2, 0) is 17.6 Å². The van der Waals surface area contributed by atoms with Gasteiger partial charge < -0.3 is 5.11 Å². The van der Waals surface area contributed by atoms with Crippen molar-refractivity contribution in [1.82, 2.24) is 5.32 Å². The fraction of sp³-hybridized carbons (Fsp3) is 0.632. The van der Waals surface area contributed by atoms with Crippen LogP contribution in [0, 0.1) is 5.41 Å². The zero-order valence-electron chi connectivity index (χ0n) is 14.3. The van der Waals surface area contributed by atoms with Crippen molar-refractivity contribution in [3.05, 3.63) is 34.9 Å². The molecule has 1 aliphatic rings. The van der Waals surface area contributed by atoms with Gasteiger partial charge in [-0.15, -0.1) is 0 Å². The predicted molar refractivity (Wildman–Crippen MR) is 90.1 cm³/mol. The summed E-state index contributed by atoms with van der Waals surface area (Å²) in [4.78, 5) is 11.5. The Morgan fingerprint density at radius 3 is 2.59 bits per heavy atom. The molecule has 122 valence electrons. The van der Waals surface area contributed by atoms with Gasteiger partial charge in [-0.2, -0.15) is 0 Å². The summed E-state index contributed by atoms with van der Waals surface area (Å²) >= 11 is 0. The first-order valence-corrected chi connectivity index (χ1v) is 8.37. The maximum Gasteiger partial charge on any atom is 0.320 e. The maximum absolute atomic E-state index is 11.5. The number of aryl methyl sites for hydroxylation is 2. The second-order valence-corrected chi connectivity index (χ2v) is 7.76. The molecule has 0 radical (unpaired) electrons. The van der Waals surface area contributed by atoms with E-state index in [-0.39, 0.29) is 11.5 Å². The first-order valence-electron chi connectivity index (χ1n) is 8.37. The van der Waals surface area contributed by atoms with Gasteiger partial charge in [0.05, 0.1) is 0 Å². The third-order valence-electron chi connectivity index (χ3n) is 4.55. The van der Waals surface area contributed by atoms with Crippen molar-refractivity contribution in [2.24, 2.45) is 5.41 Å². The Balaban J connectivity index is 2.01. The van der Waals surface area contributed by atoms with Crippen LogP contribution >= 0.6 is 0 Å². The predicted octanol–water partition coefficient (Wildman–Crippen LogP) is 4.11. The number of nitrogens with one attached hydrogen (secondary N) is 1. The summed E-state index contributed by atoms with van der Waals surface area (Å²) in [5.41, 5.74) is 4.25. The van der Waals surface area contributed by atoms with E-state index in [4.69, 9.17) is 0 Å². The molecule has 2 N–H and O–H groups in total. The first kappa shape index (κ1) is 17.0. The van der Waals surface area contributed by atoms with Crippen molar-refractivity contribution in [2.75, 3.05) is 0 Å². The van der Waals surface area contributed by atoms with E-state index in [0.717, 1.165) is 12.8 Å². The Labute approximate surface area is 134 Å². The standard InChI is InChI=1S/C19H29NO2/c1-13(15-9-8-14-6-5-7-16(14)12-15)20-17(18(21)22)10-11-19(2,3)4/h8-9,12-13,17,20H,5-7,10-11H2,1-4H3,(H,21,22)/t13-,17-/m0/s1. The minimum Gasteiger partial charge on any atom is -0.480 e.